The number of hydrogen-bond acceptors (Lipinski definition) is 4. The quantitative estimate of drug-likeness (QED) is 0.573. The molecule has 1 atom stereocenters. The molecule has 2 aromatic heterocycles. The van der Waals surface area contributed by atoms with Gasteiger partial charge < -0.3 is 9.64 Å². The maximum absolute atomic E-state index is 12.6. The Hall–Kier alpha value is -3.47. The number of pyridine rings is 2. The number of hydrogen-bond donors (Lipinski definition) is 0. The molecule has 5 nitrogen and oxygen atoms in total. The van der Waals surface area contributed by atoms with Crippen molar-refractivity contribution in [1.29, 1.82) is 0 Å². The topological polar surface area (TPSA) is 55.3 Å². The number of likely N-dealkylation sites (tertiary alicyclic amines) is 1. The minimum atomic E-state index is -0.302. The van der Waals surface area contributed by atoms with Crippen molar-refractivity contribution in [3.8, 4) is 5.75 Å². The predicted molar refractivity (Wildman–Crippen MR) is 121 cm³/mol. The smallest absolute Gasteiger partial charge is 0.409 e. The summed E-state index contributed by atoms with van der Waals surface area (Å²) in [5.41, 5.74) is 6.17. The lowest BCUT2D eigenvalue weighted by Gasteiger charge is -2.36. The van der Waals surface area contributed by atoms with Crippen LogP contribution in [0.5, 0.6) is 5.75 Å². The summed E-state index contributed by atoms with van der Waals surface area (Å²) in [7, 11) is 0. The lowest BCUT2D eigenvalue weighted by Crippen LogP contribution is -2.41. The van der Waals surface area contributed by atoms with E-state index in [4.69, 9.17) is 9.72 Å². The highest BCUT2D eigenvalue weighted by molar-refractivity contribution is 5.76. The van der Waals surface area contributed by atoms with E-state index in [1.54, 1.807) is 29.4 Å². The number of fused-ring (bicyclic) bond motifs is 2. The Morgan fingerprint density at radius 2 is 1.84 bits per heavy atom. The number of aromatic nitrogens is 2. The van der Waals surface area contributed by atoms with Crippen molar-refractivity contribution in [2.45, 2.75) is 25.7 Å². The minimum Gasteiger partial charge on any atom is -0.409 e. The van der Waals surface area contributed by atoms with Crippen LogP contribution in [0.3, 0.4) is 0 Å². The van der Waals surface area contributed by atoms with Gasteiger partial charge in [0.15, 0.2) is 5.75 Å². The molecule has 1 fully saturated rings. The summed E-state index contributed by atoms with van der Waals surface area (Å²) >= 11 is 0. The summed E-state index contributed by atoms with van der Waals surface area (Å²) < 4.78 is 5.48. The van der Waals surface area contributed by atoms with Crippen molar-refractivity contribution >= 4 is 18.2 Å². The zero-order valence-corrected chi connectivity index (χ0v) is 17.6. The molecule has 1 aliphatic heterocycles. The van der Waals surface area contributed by atoms with Crippen molar-refractivity contribution in [2.75, 3.05) is 13.1 Å². The molecule has 2 aliphatic rings. The highest BCUT2D eigenvalue weighted by Crippen LogP contribution is 2.42. The van der Waals surface area contributed by atoms with E-state index in [0.717, 1.165) is 18.5 Å². The molecule has 3 aromatic rings. The molecule has 1 saturated heterocycles. The van der Waals surface area contributed by atoms with Gasteiger partial charge in [0.1, 0.15) is 0 Å². The number of carbonyl (C=O) groups excluding carboxylic acids is 1. The molecule has 31 heavy (non-hydrogen) atoms. The lowest BCUT2D eigenvalue weighted by molar-refractivity contribution is 0.128. The normalized spacial score (nSPS) is 18.1. The van der Waals surface area contributed by atoms with E-state index in [2.05, 4.69) is 48.3 Å². The number of ether oxygens (including phenoxy) is 1. The van der Waals surface area contributed by atoms with Crippen molar-refractivity contribution in [3.05, 3.63) is 89.0 Å². The van der Waals surface area contributed by atoms with Crippen LogP contribution in [0.1, 0.15) is 46.7 Å². The molecular weight excluding hydrogens is 386 g/mol. The van der Waals surface area contributed by atoms with E-state index >= 15 is 0 Å². The minimum absolute atomic E-state index is 0.221. The highest BCUT2D eigenvalue weighted by atomic mass is 16.6. The molecule has 1 amide bonds. The van der Waals surface area contributed by atoms with Gasteiger partial charge >= 0.3 is 6.09 Å². The molecular formula is C26H25N3O2. The average Bonchev–Trinajstić information content (AvgIpc) is 2.96. The molecule has 5 heteroatoms. The van der Waals surface area contributed by atoms with Crippen molar-refractivity contribution in [3.63, 3.8) is 0 Å². The van der Waals surface area contributed by atoms with Crippen LogP contribution in [0, 0.1) is 12.8 Å². The van der Waals surface area contributed by atoms with Crippen molar-refractivity contribution < 1.29 is 9.53 Å². The second-order valence-electron chi connectivity index (χ2n) is 8.30. The van der Waals surface area contributed by atoms with Crippen LogP contribution in [0.2, 0.25) is 0 Å². The van der Waals surface area contributed by atoms with Crippen LogP contribution < -0.4 is 4.74 Å². The maximum Gasteiger partial charge on any atom is 0.415 e. The Kier molecular flexibility index (Phi) is 5.24. The first-order valence-corrected chi connectivity index (χ1v) is 10.8. The van der Waals surface area contributed by atoms with E-state index in [0.29, 0.717) is 24.8 Å². The van der Waals surface area contributed by atoms with E-state index < -0.39 is 0 Å². The second kappa shape index (κ2) is 8.34. The number of amides is 1. The van der Waals surface area contributed by atoms with Gasteiger partial charge in [-0.2, -0.15) is 0 Å². The van der Waals surface area contributed by atoms with Crippen LogP contribution in [0.4, 0.5) is 4.79 Å². The average molecular weight is 412 g/mol. The predicted octanol–water partition coefficient (Wildman–Crippen LogP) is 5.31. The van der Waals surface area contributed by atoms with Gasteiger partial charge in [0, 0.05) is 31.4 Å². The standard InChI is InChI=1S/C26H25N3O2/c1-18-6-9-23-21(16-18)8-7-20-4-2-13-28-25(20)24(23)19-10-14-29(15-11-19)26(30)31-22-5-3-12-27-17-22/h2-9,12-13,16-17,19,24H,10-11,14-15H2,1H3. The number of rotatable bonds is 2. The van der Waals surface area contributed by atoms with Crippen LogP contribution in [-0.2, 0) is 0 Å². The third-order valence-corrected chi connectivity index (χ3v) is 6.29. The van der Waals surface area contributed by atoms with Crippen molar-refractivity contribution in [1.82, 2.24) is 14.9 Å². The summed E-state index contributed by atoms with van der Waals surface area (Å²) in [5, 5.41) is 0. The van der Waals surface area contributed by atoms with Crippen LogP contribution in [0.25, 0.3) is 12.2 Å². The Morgan fingerprint density at radius 3 is 2.65 bits per heavy atom. The molecule has 0 N–H and O–H groups in total. The van der Waals surface area contributed by atoms with E-state index in [1.807, 2.05) is 12.3 Å². The lowest BCUT2D eigenvalue weighted by atomic mass is 9.76. The molecule has 0 spiro atoms. The summed E-state index contributed by atoms with van der Waals surface area (Å²) in [5.74, 6) is 1.11. The van der Waals surface area contributed by atoms with E-state index in [9.17, 15) is 4.79 Å². The largest absolute Gasteiger partial charge is 0.415 e. The van der Waals surface area contributed by atoms with Crippen molar-refractivity contribution in [2.24, 2.45) is 5.92 Å². The zero-order valence-electron chi connectivity index (χ0n) is 17.6. The van der Waals surface area contributed by atoms with Gasteiger partial charge in [0.05, 0.1) is 11.9 Å². The Labute approximate surface area is 182 Å². The summed E-state index contributed by atoms with van der Waals surface area (Å²) in [6.07, 6.45) is 11.0. The molecule has 1 aliphatic carbocycles. The fraction of sp³-hybridized carbons (Fsp3) is 0.269. The second-order valence-corrected chi connectivity index (χ2v) is 8.30. The van der Waals surface area contributed by atoms with E-state index in [-0.39, 0.29) is 12.0 Å². The SMILES string of the molecule is Cc1ccc2c(c1)C=Cc1cccnc1C2C1CCN(C(=O)Oc2cccnc2)CC1. The van der Waals surface area contributed by atoms with Gasteiger partial charge in [-0.1, -0.05) is 42.0 Å². The fourth-order valence-corrected chi connectivity index (χ4v) is 4.74. The Bertz CT molecular complexity index is 1120. The fourth-order valence-electron chi connectivity index (χ4n) is 4.74. The molecule has 156 valence electrons. The first-order chi connectivity index (χ1) is 15.2. The number of benzene rings is 1. The van der Waals surface area contributed by atoms with Gasteiger partial charge in [0.25, 0.3) is 0 Å². The molecule has 0 saturated carbocycles. The van der Waals surface area contributed by atoms with Gasteiger partial charge in [-0.05, 0) is 60.6 Å². The Balaban J connectivity index is 1.37. The first kappa shape index (κ1) is 19.5. The number of aryl methyl sites for hydroxylation is 1. The monoisotopic (exact) mass is 411 g/mol. The molecule has 5 rings (SSSR count). The summed E-state index contributed by atoms with van der Waals surface area (Å²) in [4.78, 5) is 23.2. The Morgan fingerprint density at radius 1 is 1.03 bits per heavy atom. The van der Waals surface area contributed by atoms with E-state index in [1.165, 1.54) is 22.3 Å². The molecule has 1 unspecified atom stereocenters. The third-order valence-electron chi connectivity index (χ3n) is 6.29. The van der Waals surface area contributed by atoms with Crippen LogP contribution >= 0.6 is 0 Å². The van der Waals surface area contributed by atoms with Gasteiger partial charge in [-0.25, -0.2) is 4.79 Å². The van der Waals surface area contributed by atoms with Gasteiger partial charge in [0.2, 0.25) is 0 Å². The number of nitrogens with zero attached hydrogens (tertiary/aromatic N) is 3. The summed E-state index contributed by atoms with van der Waals surface area (Å²) in [6, 6.07) is 14.4. The van der Waals surface area contributed by atoms with Crippen LogP contribution in [0.15, 0.2) is 61.1 Å². The van der Waals surface area contributed by atoms with Gasteiger partial charge in [-0.15, -0.1) is 0 Å². The maximum atomic E-state index is 12.6. The molecule has 1 aromatic carbocycles. The number of carbonyl (C=O) groups is 1. The number of piperidine rings is 1. The highest BCUT2D eigenvalue weighted by Gasteiger charge is 2.34. The van der Waals surface area contributed by atoms with Gasteiger partial charge in [-0.3, -0.25) is 9.97 Å². The summed E-state index contributed by atoms with van der Waals surface area (Å²) in [6.45, 7) is 3.49. The molecule has 3 heterocycles. The third kappa shape index (κ3) is 3.96. The molecule has 0 bridgehead atoms. The first-order valence-electron chi connectivity index (χ1n) is 10.8. The zero-order chi connectivity index (χ0) is 21.2. The van der Waals surface area contributed by atoms with Crippen LogP contribution in [-0.4, -0.2) is 34.1 Å². The molecule has 0 radical (unpaired) electrons.